The van der Waals surface area contributed by atoms with Crippen molar-refractivity contribution in [2.24, 2.45) is 11.7 Å². The van der Waals surface area contributed by atoms with Crippen LogP contribution in [0.4, 0.5) is 5.82 Å². The Balaban J connectivity index is 1.52. The molecule has 3 N–H and O–H groups in total. The van der Waals surface area contributed by atoms with Crippen molar-refractivity contribution >= 4 is 29.2 Å². The van der Waals surface area contributed by atoms with Gasteiger partial charge in [0.1, 0.15) is 11.1 Å². The molecule has 1 aliphatic carbocycles. The number of primary amides is 1. The molecule has 162 valence electrons. The van der Waals surface area contributed by atoms with E-state index < -0.39 is 11.4 Å². The van der Waals surface area contributed by atoms with E-state index in [2.05, 4.69) is 20.2 Å². The minimum Gasteiger partial charge on any atom is -0.365 e. The van der Waals surface area contributed by atoms with Crippen LogP contribution in [0.1, 0.15) is 41.6 Å². The number of benzene rings is 1. The molecule has 2 aliphatic rings. The monoisotopic (exact) mass is 440 g/mol. The molecule has 9 heteroatoms. The number of carbonyl (C=O) groups excluding carboxylic acids is 2. The van der Waals surface area contributed by atoms with Gasteiger partial charge >= 0.3 is 0 Å². The van der Waals surface area contributed by atoms with Crippen molar-refractivity contribution in [1.29, 1.82) is 0 Å². The van der Waals surface area contributed by atoms with Crippen LogP contribution in [0.5, 0.6) is 0 Å². The Bertz CT molecular complexity index is 1030. The van der Waals surface area contributed by atoms with Crippen LogP contribution in [0.15, 0.2) is 30.5 Å². The van der Waals surface area contributed by atoms with Gasteiger partial charge in [-0.2, -0.15) is 5.10 Å². The summed E-state index contributed by atoms with van der Waals surface area (Å²) < 4.78 is 1.68. The standard InChI is InChI=1S/C22H25ClN6O2/c1-25-14-22(7-9-28(10-8-22)12-15-3-2-4-17(23)11-15)29-13-18(19(24)30)20(27-29)26-21(31)16-5-6-16/h2-4,11,13,16H,5-10,12,14H2,(H2,24,30)(H,26,27,31). The molecule has 1 aromatic carbocycles. The van der Waals surface area contributed by atoms with Crippen LogP contribution in [0.25, 0.3) is 4.85 Å². The number of anilines is 1. The third-order valence-corrected chi connectivity index (χ3v) is 6.35. The summed E-state index contributed by atoms with van der Waals surface area (Å²) in [5.74, 6) is -0.607. The molecule has 0 radical (unpaired) electrons. The van der Waals surface area contributed by atoms with Gasteiger partial charge in [0, 0.05) is 36.8 Å². The molecule has 31 heavy (non-hydrogen) atoms. The Labute approximate surface area is 186 Å². The minimum absolute atomic E-state index is 0.0159. The van der Waals surface area contributed by atoms with Crippen molar-refractivity contribution in [3.63, 3.8) is 0 Å². The van der Waals surface area contributed by atoms with Gasteiger partial charge in [0.25, 0.3) is 5.91 Å². The highest BCUT2D eigenvalue weighted by molar-refractivity contribution is 6.30. The van der Waals surface area contributed by atoms with Crippen molar-refractivity contribution in [1.82, 2.24) is 14.7 Å². The van der Waals surface area contributed by atoms with E-state index in [-0.39, 0.29) is 29.8 Å². The summed E-state index contributed by atoms with van der Waals surface area (Å²) in [4.78, 5) is 30.2. The highest BCUT2D eigenvalue weighted by Gasteiger charge is 2.41. The quantitative estimate of drug-likeness (QED) is 0.647. The first kappa shape index (κ1) is 21.3. The van der Waals surface area contributed by atoms with Crippen LogP contribution in [0.3, 0.4) is 0 Å². The summed E-state index contributed by atoms with van der Waals surface area (Å²) in [6, 6.07) is 7.81. The molecule has 0 unspecified atom stereocenters. The van der Waals surface area contributed by atoms with Crippen LogP contribution in [-0.2, 0) is 16.9 Å². The Morgan fingerprint density at radius 3 is 2.68 bits per heavy atom. The summed E-state index contributed by atoms with van der Waals surface area (Å²) in [6.45, 7) is 10.1. The molecule has 2 heterocycles. The number of likely N-dealkylation sites (tertiary alicyclic amines) is 1. The van der Waals surface area contributed by atoms with E-state index in [0.717, 1.165) is 38.0 Å². The van der Waals surface area contributed by atoms with Gasteiger partial charge in [0.2, 0.25) is 12.5 Å². The van der Waals surface area contributed by atoms with Gasteiger partial charge in [-0.3, -0.25) is 19.2 Å². The average molecular weight is 441 g/mol. The molecular weight excluding hydrogens is 416 g/mol. The number of amides is 2. The number of halogens is 1. The van der Waals surface area contributed by atoms with Crippen LogP contribution in [0, 0.1) is 12.5 Å². The lowest BCUT2D eigenvalue weighted by Crippen LogP contribution is -2.48. The van der Waals surface area contributed by atoms with Gasteiger partial charge in [-0.15, -0.1) is 0 Å². The molecule has 2 fully saturated rings. The third kappa shape index (κ3) is 4.73. The molecule has 1 aromatic heterocycles. The summed E-state index contributed by atoms with van der Waals surface area (Å²) in [5.41, 5.74) is 6.32. The van der Waals surface area contributed by atoms with Gasteiger partial charge in [-0.1, -0.05) is 23.7 Å². The van der Waals surface area contributed by atoms with E-state index in [9.17, 15) is 9.59 Å². The first-order valence-electron chi connectivity index (χ1n) is 10.4. The van der Waals surface area contributed by atoms with E-state index in [1.165, 1.54) is 0 Å². The first-order valence-corrected chi connectivity index (χ1v) is 10.8. The van der Waals surface area contributed by atoms with E-state index in [1.54, 1.807) is 10.9 Å². The number of carbonyl (C=O) groups is 2. The van der Waals surface area contributed by atoms with Crippen LogP contribution in [0.2, 0.25) is 5.02 Å². The lowest BCUT2D eigenvalue weighted by atomic mass is 9.87. The molecule has 0 bridgehead atoms. The number of nitrogens with one attached hydrogen (secondary N) is 1. The third-order valence-electron chi connectivity index (χ3n) is 6.11. The fourth-order valence-electron chi connectivity index (χ4n) is 4.08. The van der Waals surface area contributed by atoms with Gasteiger partial charge in [-0.05, 0) is 43.4 Å². The highest BCUT2D eigenvalue weighted by atomic mass is 35.5. The molecule has 0 atom stereocenters. The summed E-state index contributed by atoms with van der Waals surface area (Å²) in [7, 11) is 0. The van der Waals surface area contributed by atoms with Gasteiger partial charge in [0.15, 0.2) is 5.82 Å². The Morgan fingerprint density at radius 2 is 2.06 bits per heavy atom. The van der Waals surface area contributed by atoms with E-state index in [0.29, 0.717) is 17.9 Å². The maximum Gasteiger partial charge on any atom is 0.254 e. The Hall–Kier alpha value is -2.89. The average Bonchev–Trinajstić information content (AvgIpc) is 3.50. The molecule has 2 aromatic rings. The predicted octanol–water partition coefficient (Wildman–Crippen LogP) is 2.89. The van der Waals surface area contributed by atoms with Crippen molar-refractivity contribution in [3.8, 4) is 0 Å². The fraction of sp³-hybridized carbons (Fsp3) is 0.455. The summed E-state index contributed by atoms with van der Waals surface area (Å²) in [5, 5.41) is 7.98. The second-order valence-corrected chi connectivity index (χ2v) is 8.85. The molecule has 1 aliphatic heterocycles. The lowest BCUT2D eigenvalue weighted by Gasteiger charge is -2.38. The smallest absolute Gasteiger partial charge is 0.254 e. The zero-order valence-corrected chi connectivity index (χ0v) is 17.9. The predicted molar refractivity (Wildman–Crippen MR) is 118 cm³/mol. The van der Waals surface area contributed by atoms with Crippen LogP contribution < -0.4 is 11.1 Å². The lowest BCUT2D eigenvalue weighted by molar-refractivity contribution is -0.117. The topological polar surface area (TPSA) is 97.6 Å². The van der Waals surface area contributed by atoms with E-state index in [1.807, 2.05) is 24.3 Å². The van der Waals surface area contributed by atoms with Crippen molar-refractivity contribution in [2.45, 2.75) is 37.8 Å². The molecule has 4 rings (SSSR count). The SMILES string of the molecule is [C-]#[N+]CC1(n2cc(C(N)=O)c(NC(=O)C3CC3)n2)CCN(Cc2cccc(Cl)c2)CC1. The van der Waals surface area contributed by atoms with E-state index >= 15 is 0 Å². The van der Waals surface area contributed by atoms with Crippen molar-refractivity contribution in [2.75, 3.05) is 25.0 Å². The van der Waals surface area contributed by atoms with Gasteiger partial charge in [0.05, 0.1) is 0 Å². The number of nitrogens with two attached hydrogens (primary N) is 1. The maximum absolute atomic E-state index is 12.2. The number of hydrogen-bond acceptors (Lipinski definition) is 4. The number of rotatable bonds is 7. The zero-order chi connectivity index (χ0) is 22.0. The van der Waals surface area contributed by atoms with Crippen LogP contribution in [-0.4, -0.2) is 46.1 Å². The number of piperidine rings is 1. The Morgan fingerprint density at radius 1 is 1.32 bits per heavy atom. The number of aromatic nitrogens is 2. The van der Waals surface area contributed by atoms with Gasteiger partial charge in [-0.25, -0.2) is 6.57 Å². The van der Waals surface area contributed by atoms with Crippen molar-refractivity contribution < 1.29 is 9.59 Å². The molecule has 2 amide bonds. The first-order chi connectivity index (χ1) is 14.9. The Kier molecular flexibility index (Phi) is 5.99. The normalized spacial score (nSPS) is 18.3. The summed E-state index contributed by atoms with van der Waals surface area (Å²) in [6.07, 6.45) is 4.69. The van der Waals surface area contributed by atoms with E-state index in [4.69, 9.17) is 23.9 Å². The largest absolute Gasteiger partial charge is 0.365 e. The summed E-state index contributed by atoms with van der Waals surface area (Å²) >= 11 is 6.10. The molecule has 0 spiro atoms. The molecular formula is C22H25ClN6O2. The zero-order valence-electron chi connectivity index (χ0n) is 17.2. The van der Waals surface area contributed by atoms with Crippen LogP contribution >= 0.6 is 11.6 Å². The molecule has 1 saturated heterocycles. The minimum atomic E-state index is -0.645. The molecule has 8 nitrogen and oxygen atoms in total. The number of hydrogen-bond donors (Lipinski definition) is 2. The second kappa shape index (κ2) is 8.69. The maximum atomic E-state index is 12.2. The fourth-order valence-corrected chi connectivity index (χ4v) is 4.29. The second-order valence-electron chi connectivity index (χ2n) is 8.41. The van der Waals surface area contributed by atoms with Crippen molar-refractivity contribution in [3.05, 3.63) is 58.0 Å². The molecule has 1 saturated carbocycles. The van der Waals surface area contributed by atoms with Gasteiger partial charge < -0.3 is 15.9 Å². The highest BCUT2D eigenvalue weighted by Crippen LogP contribution is 2.34. The number of nitrogens with zero attached hydrogens (tertiary/aromatic N) is 4.